The SMILES string of the molecule is Cc1ccc(C(=O)NC2CCN(C3CCN(C(=O)c4ccc(C#Cc5ccccc5)cc4)CC3)CC2)c(O)c1. The first-order valence-corrected chi connectivity index (χ1v) is 13.8. The first-order valence-electron chi connectivity index (χ1n) is 13.8. The van der Waals surface area contributed by atoms with Crippen molar-refractivity contribution < 1.29 is 14.7 Å². The van der Waals surface area contributed by atoms with Crippen LogP contribution in [0.15, 0.2) is 72.8 Å². The highest BCUT2D eigenvalue weighted by Crippen LogP contribution is 2.24. The molecule has 0 saturated carbocycles. The van der Waals surface area contributed by atoms with Crippen LogP contribution in [0.25, 0.3) is 0 Å². The monoisotopic (exact) mass is 521 g/mol. The molecule has 200 valence electrons. The lowest BCUT2D eigenvalue weighted by molar-refractivity contribution is 0.0566. The summed E-state index contributed by atoms with van der Waals surface area (Å²) in [6, 6.07) is 23.2. The Balaban J connectivity index is 1.07. The van der Waals surface area contributed by atoms with Crippen LogP contribution in [-0.4, -0.2) is 65.0 Å². The van der Waals surface area contributed by atoms with E-state index in [-0.39, 0.29) is 23.6 Å². The lowest BCUT2D eigenvalue weighted by Crippen LogP contribution is -2.51. The van der Waals surface area contributed by atoms with Gasteiger partial charge in [-0.2, -0.15) is 0 Å². The lowest BCUT2D eigenvalue weighted by atomic mass is 9.97. The van der Waals surface area contributed by atoms with Gasteiger partial charge >= 0.3 is 0 Å². The fraction of sp³-hybridized carbons (Fsp3) is 0.333. The second-order valence-electron chi connectivity index (χ2n) is 10.5. The molecular formula is C33H35N3O3. The highest BCUT2D eigenvalue weighted by atomic mass is 16.3. The van der Waals surface area contributed by atoms with Crippen molar-refractivity contribution in [3.05, 3.63) is 101 Å². The number of nitrogens with zero attached hydrogens (tertiary/aromatic N) is 2. The van der Waals surface area contributed by atoms with Gasteiger partial charge in [0.05, 0.1) is 5.56 Å². The molecule has 6 nitrogen and oxygen atoms in total. The summed E-state index contributed by atoms with van der Waals surface area (Å²) in [7, 11) is 0. The fourth-order valence-corrected chi connectivity index (χ4v) is 5.48. The van der Waals surface area contributed by atoms with Gasteiger partial charge in [-0.25, -0.2) is 0 Å². The summed E-state index contributed by atoms with van der Waals surface area (Å²) in [5, 5.41) is 13.2. The zero-order valence-electron chi connectivity index (χ0n) is 22.4. The van der Waals surface area contributed by atoms with Crippen LogP contribution in [0.2, 0.25) is 0 Å². The third-order valence-electron chi connectivity index (χ3n) is 7.79. The van der Waals surface area contributed by atoms with Crippen LogP contribution >= 0.6 is 0 Å². The first-order chi connectivity index (χ1) is 19.0. The van der Waals surface area contributed by atoms with Crippen LogP contribution in [0, 0.1) is 18.8 Å². The van der Waals surface area contributed by atoms with E-state index >= 15 is 0 Å². The van der Waals surface area contributed by atoms with E-state index in [1.165, 1.54) is 0 Å². The lowest BCUT2D eigenvalue weighted by Gasteiger charge is -2.42. The smallest absolute Gasteiger partial charge is 0.255 e. The van der Waals surface area contributed by atoms with Crippen LogP contribution in [0.5, 0.6) is 5.75 Å². The number of amides is 2. The van der Waals surface area contributed by atoms with Crippen molar-refractivity contribution in [2.45, 2.75) is 44.7 Å². The topological polar surface area (TPSA) is 72.9 Å². The Kier molecular flexibility index (Phi) is 8.29. The van der Waals surface area contributed by atoms with Gasteiger partial charge < -0.3 is 20.2 Å². The molecule has 0 aromatic heterocycles. The fourth-order valence-electron chi connectivity index (χ4n) is 5.48. The molecule has 2 fully saturated rings. The molecule has 2 aliphatic rings. The normalized spacial score (nSPS) is 16.8. The van der Waals surface area contributed by atoms with Crippen molar-refractivity contribution in [3.63, 3.8) is 0 Å². The second kappa shape index (κ2) is 12.2. The number of aromatic hydroxyl groups is 1. The van der Waals surface area contributed by atoms with Crippen molar-refractivity contribution in [2.24, 2.45) is 0 Å². The van der Waals surface area contributed by atoms with Gasteiger partial charge in [-0.3, -0.25) is 9.59 Å². The first kappa shape index (κ1) is 26.5. The number of piperidine rings is 2. The summed E-state index contributed by atoms with van der Waals surface area (Å²) in [6.07, 6.45) is 3.69. The summed E-state index contributed by atoms with van der Waals surface area (Å²) >= 11 is 0. The summed E-state index contributed by atoms with van der Waals surface area (Å²) in [5.41, 5.74) is 3.82. The number of phenolic OH excluding ortho intramolecular Hbond substituents is 1. The Hall–Kier alpha value is -4.08. The number of nitrogens with one attached hydrogen (secondary N) is 1. The molecule has 2 N–H and O–H groups in total. The van der Waals surface area contributed by atoms with Crippen LogP contribution in [0.1, 0.15) is 63.1 Å². The van der Waals surface area contributed by atoms with Crippen molar-refractivity contribution in [3.8, 4) is 17.6 Å². The van der Waals surface area contributed by atoms with Gasteiger partial charge in [0.25, 0.3) is 11.8 Å². The Morgan fingerprint density at radius 2 is 1.46 bits per heavy atom. The molecule has 0 radical (unpaired) electrons. The quantitative estimate of drug-likeness (QED) is 0.493. The molecule has 0 atom stereocenters. The minimum absolute atomic E-state index is 0.0268. The largest absolute Gasteiger partial charge is 0.507 e. The van der Waals surface area contributed by atoms with Crippen LogP contribution in [-0.2, 0) is 0 Å². The molecule has 0 bridgehead atoms. The van der Waals surface area contributed by atoms with Crippen LogP contribution < -0.4 is 5.32 Å². The molecule has 0 unspecified atom stereocenters. The summed E-state index contributed by atoms with van der Waals surface area (Å²) < 4.78 is 0. The molecule has 5 rings (SSSR count). The minimum atomic E-state index is -0.214. The average molecular weight is 522 g/mol. The third kappa shape index (κ3) is 6.68. The van der Waals surface area contributed by atoms with E-state index in [2.05, 4.69) is 22.1 Å². The van der Waals surface area contributed by atoms with E-state index in [1.807, 2.05) is 72.5 Å². The summed E-state index contributed by atoms with van der Waals surface area (Å²) in [4.78, 5) is 30.2. The number of phenols is 1. The number of carbonyl (C=O) groups excluding carboxylic acids is 2. The van der Waals surface area contributed by atoms with Gasteiger partial charge in [-0.15, -0.1) is 0 Å². The predicted octanol–water partition coefficient (Wildman–Crippen LogP) is 4.60. The number of hydrogen-bond donors (Lipinski definition) is 2. The summed E-state index contributed by atoms with van der Waals surface area (Å²) in [5.74, 6) is 6.21. The van der Waals surface area contributed by atoms with Gasteiger partial charge in [0, 0.05) is 55.0 Å². The number of likely N-dealkylation sites (tertiary alicyclic amines) is 2. The van der Waals surface area contributed by atoms with Crippen molar-refractivity contribution in [1.29, 1.82) is 0 Å². The van der Waals surface area contributed by atoms with Crippen molar-refractivity contribution in [1.82, 2.24) is 15.1 Å². The number of rotatable bonds is 4. The maximum absolute atomic E-state index is 13.1. The summed E-state index contributed by atoms with van der Waals surface area (Å²) in [6.45, 7) is 5.24. The molecule has 0 spiro atoms. The molecule has 6 heteroatoms. The van der Waals surface area contributed by atoms with Crippen LogP contribution in [0.4, 0.5) is 0 Å². The Bertz CT molecular complexity index is 1360. The number of carbonyl (C=O) groups is 2. The van der Waals surface area contributed by atoms with E-state index < -0.39 is 0 Å². The van der Waals surface area contributed by atoms with E-state index in [1.54, 1.807) is 12.1 Å². The van der Waals surface area contributed by atoms with E-state index in [9.17, 15) is 14.7 Å². The Morgan fingerprint density at radius 1 is 0.821 bits per heavy atom. The third-order valence-corrected chi connectivity index (χ3v) is 7.79. The van der Waals surface area contributed by atoms with Crippen molar-refractivity contribution in [2.75, 3.05) is 26.2 Å². The second-order valence-corrected chi connectivity index (χ2v) is 10.5. The number of aryl methyl sites for hydroxylation is 1. The van der Waals surface area contributed by atoms with Gasteiger partial charge in [0.1, 0.15) is 5.75 Å². The molecule has 2 heterocycles. The average Bonchev–Trinajstić information content (AvgIpc) is 2.97. The Labute approximate surface area is 230 Å². The minimum Gasteiger partial charge on any atom is -0.507 e. The molecule has 2 aliphatic heterocycles. The highest BCUT2D eigenvalue weighted by molar-refractivity contribution is 5.97. The standard InChI is InChI=1S/C33H35N3O3/c1-24-7-14-30(31(37)23-24)32(38)34-28-15-19-35(20-16-28)29-17-21-36(22-18-29)33(39)27-12-10-26(11-13-27)9-8-25-5-3-2-4-6-25/h2-7,10-14,23,28-29,37H,15-22H2,1H3,(H,34,38). The highest BCUT2D eigenvalue weighted by Gasteiger charge is 2.30. The van der Waals surface area contributed by atoms with Gasteiger partial charge in [0.15, 0.2) is 0 Å². The molecule has 3 aromatic rings. The van der Waals surface area contributed by atoms with Gasteiger partial charge in [-0.05, 0) is 86.7 Å². The van der Waals surface area contributed by atoms with E-state index in [0.717, 1.165) is 68.6 Å². The maximum atomic E-state index is 13.1. The predicted molar refractivity (Wildman–Crippen MR) is 153 cm³/mol. The molecular weight excluding hydrogens is 486 g/mol. The Morgan fingerprint density at radius 3 is 2.10 bits per heavy atom. The maximum Gasteiger partial charge on any atom is 0.255 e. The van der Waals surface area contributed by atoms with Gasteiger partial charge in [-0.1, -0.05) is 36.1 Å². The zero-order valence-corrected chi connectivity index (χ0v) is 22.4. The van der Waals surface area contributed by atoms with Gasteiger partial charge in [0.2, 0.25) is 0 Å². The molecule has 3 aromatic carbocycles. The number of benzene rings is 3. The molecule has 2 saturated heterocycles. The molecule has 0 aliphatic carbocycles. The van der Waals surface area contributed by atoms with E-state index in [0.29, 0.717) is 17.2 Å². The van der Waals surface area contributed by atoms with E-state index in [4.69, 9.17) is 0 Å². The molecule has 2 amide bonds. The zero-order chi connectivity index (χ0) is 27.2. The molecule has 39 heavy (non-hydrogen) atoms. The van der Waals surface area contributed by atoms with Crippen LogP contribution in [0.3, 0.4) is 0 Å². The van der Waals surface area contributed by atoms with Crippen molar-refractivity contribution >= 4 is 11.8 Å². The number of hydrogen-bond acceptors (Lipinski definition) is 4.